The number of nitrogens with one attached hydrogen (secondary N) is 1. The normalized spacial score (nSPS) is 17.0. The SMILES string of the molecule is CC1(C)NC(=O)N(CCCOc2ccccc2CN)C1=O. The minimum atomic E-state index is -0.815. The predicted octanol–water partition coefficient (Wildman–Crippen LogP) is 1.24. The van der Waals surface area contributed by atoms with E-state index in [1.54, 1.807) is 13.8 Å². The molecule has 1 heterocycles. The second-order valence-corrected chi connectivity index (χ2v) is 5.53. The number of nitrogens with two attached hydrogens (primary N) is 1. The molecule has 0 aliphatic carbocycles. The first kappa shape index (κ1) is 15.3. The van der Waals surface area contributed by atoms with E-state index in [1.807, 2.05) is 24.3 Å². The van der Waals surface area contributed by atoms with Gasteiger partial charge in [0.1, 0.15) is 11.3 Å². The topological polar surface area (TPSA) is 84.7 Å². The lowest BCUT2D eigenvalue weighted by Gasteiger charge is -2.16. The molecule has 0 saturated carbocycles. The van der Waals surface area contributed by atoms with Crippen molar-refractivity contribution in [3.63, 3.8) is 0 Å². The summed E-state index contributed by atoms with van der Waals surface area (Å²) in [6, 6.07) is 7.22. The molecule has 1 aromatic carbocycles. The Morgan fingerprint density at radius 2 is 2.00 bits per heavy atom. The summed E-state index contributed by atoms with van der Waals surface area (Å²) in [4.78, 5) is 24.9. The Morgan fingerprint density at radius 3 is 2.62 bits per heavy atom. The number of ether oxygens (including phenoxy) is 1. The van der Waals surface area contributed by atoms with Crippen molar-refractivity contribution in [3.05, 3.63) is 29.8 Å². The Bertz CT molecular complexity index is 543. The highest BCUT2D eigenvalue weighted by Crippen LogP contribution is 2.19. The van der Waals surface area contributed by atoms with Crippen molar-refractivity contribution in [2.45, 2.75) is 32.4 Å². The van der Waals surface area contributed by atoms with Crippen LogP contribution >= 0.6 is 0 Å². The monoisotopic (exact) mass is 291 g/mol. The molecule has 0 atom stereocenters. The summed E-state index contributed by atoms with van der Waals surface area (Å²) in [6.45, 7) is 4.58. The highest BCUT2D eigenvalue weighted by atomic mass is 16.5. The molecule has 21 heavy (non-hydrogen) atoms. The number of benzene rings is 1. The van der Waals surface area contributed by atoms with E-state index < -0.39 is 5.54 Å². The summed E-state index contributed by atoms with van der Waals surface area (Å²) < 4.78 is 5.66. The average molecular weight is 291 g/mol. The van der Waals surface area contributed by atoms with Gasteiger partial charge in [-0.2, -0.15) is 0 Å². The summed E-state index contributed by atoms with van der Waals surface area (Å²) in [6.07, 6.45) is 0.578. The largest absolute Gasteiger partial charge is 0.493 e. The van der Waals surface area contributed by atoms with E-state index in [1.165, 1.54) is 4.90 Å². The third-order valence-corrected chi connectivity index (χ3v) is 3.42. The Labute approximate surface area is 124 Å². The fourth-order valence-corrected chi connectivity index (χ4v) is 2.24. The van der Waals surface area contributed by atoms with Gasteiger partial charge in [-0.05, 0) is 26.3 Å². The zero-order chi connectivity index (χ0) is 15.5. The molecule has 1 saturated heterocycles. The Kier molecular flexibility index (Phi) is 4.47. The molecule has 0 unspecified atom stereocenters. The van der Waals surface area contributed by atoms with Crippen LogP contribution in [0.5, 0.6) is 5.75 Å². The van der Waals surface area contributed by atoms with Crippen LogP contribution in [-0.2, 0) is 11.3 Å². The lowest BCUT2D eigenvalue weighted by atomic mass is 10.1. The summed E-state index contributed by atoms with van der Waals surface area (Å²) in [5, 5.41) is 2.65. The van der Waals surface area contributed by atoms with Crippen molar-refractivity contribution in [3.8, 4) is 5.75 Å². The molecule has 6 heteroatoms. The highest BCUT2D eigenvalue weighted by molar-refractivity contribution is 6.06. The van der Waals surface area contributed by atoms with Gasteiger partial charge in [0.25, 0.3) is 5.91 Å². The number of hydrogen-bond donors (Lipinski definition) is 2. The van der Waals surface area contributed by atoms with Crippen LogP contribution in [0, 0.1) is 0 Å². The zero-order valence-electron chi connectivity index (χ0n) is 12.4. The van der Waals surface area contributed by atoms with Gasteiger partial charge < -0.3 is 15.8 Å². The molecule has 6 nitrogen and oxygen atoms in total. The molecule has 1 aromatic rings. The molecular formula is C15H21N3O3. The number of amides is 3. The van der Waals surface area contributed by atoms with Crippen molar-refractivity contribution >= 4 is 11.9 Å². The number of carbonyl (C=O) groups is 2. The van der Waals surface area contributed by atoms with Crippen molar-refractivity contribution in [1.29, 1.82) is 0 Å². The van der Waals surface area contributed by atoms with Gasteiger partial charge in [0.05, 0.1) is 6.61 Å². The van der Waals surface area contributed by atoms with Gasteiger partial charge in [0.2, 0.25) is 0 Å². The van der Waals surface area contributed by atoms with E-state index in [4.69, 9.17) is 10.5 Å². The maximum Gasteiger partial charge on any atom is 0.325 e. The first-order valence-electron chi connectivity index (χ1n) is 7.00. The van der Waals surface area contributed by atoms with Crippen molar-refractivity contribution in [2.75, 3.05) is 13.2 Å². The summed E-state index contributed by atoms with van der Waals surface area (Å²) in [5.41, 5.74) is 5.76. The molecule has 2 rings (SSSR count). The van der Waals surface area contributed by atoms with E-state index in [-0.39, 0.29) is 11.9 Å². The van der Waals surface area contributed by atoms with Crippen LogP contribution in [0.4, 0.5) is 4.79 Å². The van der Waals surface area contributed by atoms with E-state index >= 15 is 0 Å². The molecule has 3 amide bonds. The van der Waals surface area contributed by atoms with Crippen LogP contribution in [0.3, 0.4) is 0 Å². The minimum absolute atomic E-state index is 0.199. The summed E-state index contributed by atoms with van der Waals surface area (Å²) in [5.74, 6) is 0.549. The number of hydrogen-bond acceptors (Lipinski definition) is 4. The van der Waals surface area contributed by atoms with Gasteiger partial charge in [-0.25, -0.2) is 4.79 Å². The van der Waals surface area contributed by atoms with Crippen LogP contribution < -0.4 is 15.8 Å². The third kappa shape index (κ3) is 3.33. The molecule has 1 aliphatic rings. The first-order valence-corrected chi connectivity index (χ1v) is 7.00. The van der Waals surface area contributed by atoms with E-state index in [0.717, 1.165) is 11.3 Å². The van der Waals surface area contributed by atoms with E-state index in [0.29, 0.717) is 26.1 Å². The lowest BCUT2D eigenvalue weighted by Crippen LogP contribution is -2.40. The quantitative estimate of drug-likeness (QED) is 0.610. The average Bonchev–Trinajstić information content (AvgIpc) is 2.65. The maximum atomic E-state index is 12.0. The van der Waals surface area contributed by atoms with E-state index in [9.17, 15) is 9.59 Å². The van der Waals surface area contributed by atoms with Gasteiger partial charge in [-0.1, -0.05) is 18.2 Å². The van der Waals surface area contributed by atoms with Gasteiger partial charge in [-0.15, -0.1) is 0 Å². The second kappa shape index (κ2) is 6.13. The number of nitrogens with zero attached hydrogens (tertiary/aromatic N) is 1. The van der Waals surface area contributed by atoms with Gasteiger partial charge in [0.15, 0.2) is 0 Å². The third-order valence-electron chi connectivity index (χ3n) is 3.42. The number of rotatable bonds is 6. The lowest BCUT2D eigenvalue weighted by molar-refractivity contribution is -0.130. The molecule has 0 spiro atoms. The van der Waals surface area contributed by atoms with Crippen LogP contribution in [0.2, 0.25) is 0 Å². The van der Waals surface area contributed by atoms with Gasteiger partial charge in [-0.3, -0.25) is 9.69 Å². The molecule has 0 bridgehead atoms. The zero-order valence-corrected chi connectivity index (χ0v) is 12.4. The Hall–Kier alpha value is -2.08. The standard InChI is InChI=1S/C15H21N3O3/c1-15(2)13(19)18(14(20)17-15)8-5-9-21-12-7-4-3-6-11(12)10-16/h3-4,6-7H,5,8-10,16H2,1-2H3,(H,17,20). The molecule has 1 fully saturated rings. The Morgan fingerprint density at radius 1 is 1.29 bits per heavy atom. The highest BCUT2D eigenvalue weighted by Gasteiger charge is 2.43. The van der Waals surface area contributed by atoms with Gasteiger partial charge in [0, 0.05) is 18.7 Å². The molecule has 1 aliphatic heterocycles. The van der Waals surface area contributed by atoms with Crippen LogP contribution in [0.1, 0.15) is 25.8 Å². The van der Waals surface area contributed by atoms with Crippen LogP contribution in [-0.4, -0.2) is 35.5 Å². The number of para-hydroxylation sites is 1. The van der Waals surface area contributed by atoms with Gasteiger partial charge >= 0.3 is 6.03 Å². The smallest absolute Gasteiger partial charge is 0.325 e. The number of carbonyl (C=O) groups excluding carboxylic acids is 2. The van der Waals surface area contributed by atoms with Crippen molar-refractivity contribution < 1.29 is 14.3 Å². The minimum Gasteiger partial charge on any atom is -0.493 e. The molecule has 3 N–H and O–H groups in total. The summed E-state index contributed by atoms with van der Waals surface area (Å²) in [7, 11) is 0. The number of imide groups is 1. The molecule has 114 valence electrons. The van der Waals surface area contributed by atoms with Crippen molar-refractivity contribution in [2.24, 2.45) is 5.73 Å². The predicted molar refractivity (Wildman–Crippen MR) is 78.8 cm³/mol. The Balaban J connectivity index is 1.83. The first-order chi connectivity index (χ1) is 9.95. The summed E-state index contributed by atoms with van der Waals surface area (Å²) >= 11 is 0. The molecular weight excluding hydrogens is 270 g/mol. The fourth-order valence-electron chi connectivity index (χ4n) is 2.24. The van der Waals surface area contributed by atoms with Crippen LogP contribution in [0.15, 0.2) is 24.3 Å². The fraction of sp³-hybridized carbons (Fsp3) is 0.467. The molecule has 0 radical (unpaired) electrons. The molecule has 0 aromatic heterocycles. The van der Waals surface area contributed by atoms with Crippen molar-refractivity contribution in [1.82, 2.24) is 10.2 Å². The maximum absolute atomic E-state index is 12.0. The van der Waals surface area contributed by atoms with Crippen LogP contribution in [0.25, 0.3) is 0 Å². The van der Waals surface area contributed by atoms with E-state index in [2.05, 4.69) is 5.32 Å². The number of urea groups is 1. The second-order valence-electron chi connectivity index (χ2n) is 5.53.